The minimum Gasteiger partial charge on any atom is -0.491 e. The van der Waals surface area contributed by atoms with E-state index < -0.39 is 6.09 Å². The number of aryl methyl sites for hydroxylation is 1. The number of aromatic nitrogens is 2. The van der Waals surface area contributed by atoms with E-state index in [1.807, 2.05) is 43.1 Å². The van der Waals surface area contributed by atoms with E-state index in [-0.39, 0.29) is 5.78 Å². The molecule has 2 aromatic rings. The second kappa shape index (κ2) is 8.56. The van der Waals surface area contributed by atoms with Crippen LogP contribution in [-0.2, 0) is 18.3 Å². The highest BCUT2D eigenvalue weighted by Crippen LogP contribution is 2.34. The molecule has 0 fully saturated rings. The Hall–Kier alpha value is -2.35. The highest BCUT2D eigenvalue weighted by molar-refractivity contribution is 9.10. The van der Waals surface area contributed by atoms with Gasteiger partial charge >= 0.3 is 6.09 Å². The van der Waals surface area contributed by atoms with Crippen molar-refractivity contribution in [2.24, 2.45) is 12.0 Å². The smallest absolute Gasteiger partial charge is 0.436 e. The predicted octanol–water partition coefficient (Wildman–Crippen LogP) is 3.44. The summed E-state index contributed by atoms with van der Waals surface area (Å²) in [5, 5.41) is 0. The van der Waals surface area contributed by atoms with Crippen LogP contribution in [0.4, 0.5) is 4.79 Å². The monoisotopic (exact) mass is 435 g/mol. The third kappa shape index (κ3) is 4.50. The lowest BCUT2D eigenvalue weighted by molar-refractivity contribution is 0.0932. The fourth-order valence-electron chi connectivity index (χ4n) is 2.87. The van der Waals surface area contributed by atoms with Crippen molar-refractivity contribution in [1.82, 2.24) is 9.13 Å². The molecule has 0 saturated carbocycles. The molecular formula is C19H22BrN3O4. The van der Waals surface area contributed by atoms with E-state index in [9.17, 15) is 9.59 Å². The van der Waals surface area contributed by atoms with E-state index in [1.54, 1.807) is 4.57 Å². The summed E-state index contributed by atoms with van der Waals surface area (Å²) < 4.78 is 15.1. The summed E-state index contributed by atoms with van der Waals surface area (Å²) in [4.78, 5) is 28.2. The highest BCUT2D eigenvalue weighted by Gasteiger charge is 2.22. The van der Waals surface area contributed by atoms with Gasteiger partial charge in [-0.05, 0) is 40.0 Å². The van der Waals surface area contributed by atoms with E-state index in [0.717, 1.165) is 22.9 Å². The van der Waals surface area contributed by atoms with Gasteiger partial charge in [0, 0.05) is 25.9 Å². The summed E-state index contributed by atoms with van der Waals surface area (Å²) >= 11 is 3.48. The largest absolute Gasteiger partial charge is 0.491 e. The molecule has 0 unspecified atom stereocenters. The molecule has 0 saturated heterocycles. The number of imidazole rings is 1. The van der Waals surface area contributed by atoms with Crippen LogP contribution in [0.15, 0.2) is 34.0 Å². The van der Waals surface area contributed by atoms with Crippen LogP contribution in [-0.4, -0.2) is 34.2 Å². The molecule has 0 bridgehead atoms. The van der Waals surface area contributed by atoms with Gasteiger partial charge in [0.1, 0.15) is 5.75 Å². The number of amides is 1. The fraction of sp³-hybridized carbons (Fsp3) is 0.421. The molecule has 27 heavy (non-hydrogen) atoms. The maximum Gasteiger partial charge on any atom is 0.436 e. The summed E-state index contributed by atoms with van der Waals surface area (Å²) in [6, 6.07) is 3.76. The Balaban J connectivity index is 1.87. The predicted molar refractivity (Wildman–Crippen MR) is 103 cm³/mol. The van der Waals surface area contributed by atoms with Gasteiger partial charge in [-0.15, -0.1) is 4.99 Å². The lowest BCUT2D eigenvalue weighted by Crippen LogP contribution is -2.26. The lowest BCUT2D eigenvalue weighted by atomic mass is 10.0. The Morgan fingerprint density at radius 2 is 2.19 bits per heavy atom. The Kier molecular flexibility index (Phi) is 6.15. The summed E-state index contributed by atoms with van der Waals surface area (Å²) in [6.45, 7) is 3.26. The number of Topliss-reactive ketones (excluding diaryl/α,β-unsaturated/α-hetero) is 1. The first-order chi connectivity index (χ1) is 13.0. The molecule has 1 aromatic heterocycles. The van der Waals surface area contributed by atoms with Crippen molar-refractivity contribution < 1.29 is 19.1 Å². The molecule has 0 radical (unpaired) electrons. The Morgan fingerprint density at radius 3 is 2.96 bits per heavy atom. The van der Waals surface area contributed by atoms with E-state index >= 15 is 0 Å². The van der Waals surface area contributed by atoms with Crippen molar-refractivity contribution >= 4 is 27.8 Å². The van der Waals surface area contributed by atoms with Crippen LogP contribution in [0.1, 0.15) is 42.1 Å². The molecule has 0 spiro atoms. The maximum atomic E-state index is 12.2. The van der Waals surface area contributed by atoms with Crippen LogP contribution >= 0.6 is 15.9 Å². The van der Waals surface area contributed by atoms with E-state index in [2.05, 4.69) is 20.9 Å². The molecule has 8 heteroatoms. The van der Waals surface area contributed by atoms with Crippen molar-refractivity contribution in [3.8, 4) is 5.75 Å². The number of carbonyl (C=O) groups is 2. The number of nitrogens with zero attached hydrogens (tertiary/aromatic N) is 3. The van der Waals surface area contributed by atoms with Gasteiger partial charge in [0.2, 0.25) is 5.62 Å². The first kappa shape index (κ1) is 19.4. The molecule has 1 aromatic carbocycles. The van der Waals surface area contributed by atoms with Crippen LogP contribution in [0.5, 0.6) is 5.75 Å². The van der Waals surface area contributed by atoms with Gasteiger partial charge in [-0.1, -0.05) is 13.3 Å². The Labute approximate surface area is 165 Å². The number of unbranched alkanes of at least 4 members (excludes halogenated alkanes) is 1. The van der Waals surface area contributed by atoms with E-state index in [1.165, 1.54) is 0 Å². The third-order valence-electron chi connectivity index (χ3n) is 4.29. The Bertz CT molecular complexity index is 930. The van der Waals surface area contributed by atoms with Crippen LogP contribution < -0.4 is 10.4 Å². The summed E-state index contributed by atoms with van der Waals surface area (Å²) in [7, 11) is 1.81. The molecule has 0 aliphatic carbocycles. The first-order valence-electron chi connectivity index (χ1n) is 8.91. The highest BCUT2D eigenvalue weighted by atomic mass is 79.9. The SMILES string of the molecule is CCCCOC(=O)N=c1n(C)ccn1Cc1cc(Br)c2c(c1)C(=O)CCO2. The number of benzene rings is 1. The zero-order valence-corrected chi connectivity index (χ0v) is 17.0. The maximum absolute atomic E-state index is 12.2. The number of ether oxygens (including phenoxy) is 2. The summed E-state index contributed by atoms with van der Waals surface area (Å²) in [5.74, 6) is 0.666. The molecule has 0 N–H and O–H groups in total. The molecule has 1 aliphatic rings. The van der Waals surface area contributed by atoms with E-state index in [4.69, 9.17) is 9.47 Å². The molecule has 2 heterocycles. The molecule has 3 rings (SSSR count). The normalized spacial score (nSPS) is 14.0. The van der Waals surface area contributed by atoms with Crippen molar-refractivity contribution in [3.05, 3.63) is 45.7 Å². The minimum absolute atomic E-state index is 0.0706. The summed E-state index contributed by atoms with van der Waals surface area (Å²) in [5.41, 5.74) is 1.97. The van der Waals surface area contributed by atoms with Gasteiger partial charge in [0.25, 0.3) is 0 Å². The Morgan fingerprint density at radius 1 is 1.37 bits per heavy atom. The summed E-state index contributed by atoms with van der Waals surface area (Å²) in [6.07, 6.45) is 5.20. The standard InChI is InChI=1S/C19H22BrN3O4/c1-3-4-8-27-19(25)21-18-22(2)6-7-23(18)12-13-10-14-16(24)5-9-26-17(14)15(20)11-13/h6-7,10-11H,3-5,8-9,12H2,1-2H3. The number of halogens is 1. The number of hydrogen-bond acceptors (Lipinski definition) is 4. The lowest BCUT2D eigenvalue weighted by Gasteiger charge is -2.19. The average Bonchev–Trinajstić information content (AvgIpc) is 2.96. The van der Waals surface area contributed by atoms with Gasteiger partial charge < -0.3 is 18.6 Å². The fourth-order valence-corrected chi connectivity index (χ4v) is 3.49. The second-order valence-electron chi connectivity index (χ2n) is 6.39. The zero-order valence-electron chi connectivity index (χ0n) is 15.4. The average molecular weight is 436 g/mol. The molecule has 144 valence electrons. The number of carbonyl (C=O) groups excluding carboxylic acids is 2. The van der Waals surface area contributed by atoms with Crippen LogP contribution in [0.3, 0.4) is 0 Å². The van der Waals surface area contributed by atoms with Gasteiger partial charge in [0.15, 0.2) is 5.78 Å². The van der Waals surface area contributed by atoms with Crippen LogP contribution in [0.25, 0.3) is 0 Å². The number of fused-ring (bicyclic) bond motifs is 1. The third-order valence-corrected chi connectivity index (χ3v) is 4.88. The number of hydrogen-bond donors (Lipinski definition) is 0. The van der Waals surface area contributed by atoms with E-state index in [0.29, 0.717) is 43.1 Å². The van der Waals surface area contributed by atoms with Gasteiger partial charge in [-0.3, -0.25) is 4.79 Å². The van der Waals surface area contributed by atoms with Crippen LogP contribution in [0, 0.1) is 0 Å². The van der Waals surface area contributed by atoms with Gasteiger partial charge in [0.05, 0.1) is 29.8 Å². The van der Waals surface area contributed by atoms with Crippen molar-refractivity contribution in [3.63, 3.8) is 0 Å². The second-order valence-corrected chi connectivity index (χ2v) is 7.25. The van der Waals surface area contributed by atoms with Crippen molar-refractivity contribution in [2.75, 3.05) is 13.2 Å². The minimum atomic E-state index is -0.603. The van der Waals surface area contributed by atoms with Gasteiger partial charge in [-0.2, -0.15) is 0 Å². The zero-order chi connectivity index (χ0) is 19.4. The van der Waals surface area contributed by atoms with Crippen molar-refractivity contribution in [2.45, 2.75) is 32.7 Å². The number of ketones is 1. The van der Waals surface area contributed by atoms with Crippen LogP contribution in [0.2, 0.25) is 0 Å². The molecule has 7 nitrogen and oxygen atoms in total. The number of rotatable bonds is 5. The first-order valence-corrected chi connectivity index (χ1v) is 9.70. The quantitative estimate of drug-likeness (QED) is 0.674. The van der Waals surface area contributed by atoms with Crippen molar-refractivity contribution in [1.29, 1.82) is 0 Å². The molecule has 1 amide bonds. The molecule has 0 atom stereocenters. The topological polar surface area (TPSA) is 74.8 Å². The molecular weight excluding hydrogens is 414 g/mol. The molecule has 1 aliphatic heterocycles. The van der Waals surface area contributed by atoms with Gasteiger partial charge in [-0.25, -0.2) is 4.79 Å².